The van der Waals surface area contributed by atoms with Gasteiger partial charge in [-0.05, 0) is 56.5 Å². The third-order valence-corrected chi connectivity index (χ3v) is 7.38. The summed E-state index contributed by atoms with van der Waals surface area (Å²) in [6.07, 6.45) is 3.24. The summed E-state index contributed by atoms with van der Waals surface area (Å²) in [6, 6.07) is 12.3. The number of amides is 1. The minimum atomic E-state index is -3.83. The van der Waals surface area contributed by atoms with E-state index in [0.29, 0.717) is 11.4 Å². The van der Waals surface area contributed by atoms with E-state index in [1.807, 2.05) is 19.9 Å². The molecule has 0 bridgehead atoms. The Bertz CT molecular complexity index is 1010. The minimum Gasteiger partial charge on any atom is -0.476 e. The lowest BCUT2D eigenvalue weighted by Crippen LogP contribution is -2.52. The number of benzene rings is 2. The quantitative estimate of drug-likeness (QED) is 0.833. The Kier molecular flexibility index (Phi) is 5.25. The first-order valence-electron chi connectivity index (χ1n) is 10.0. The average Bonchev–Trinajstić information content (AvgIpc) is 3.20. The molecule has 7 heteroatoms. The molecule has 1 saturated carbocycles. The molecule has 2 aromatic rings. The summed E-state index contributed by atoms with van der Waals surface area (Å²) in [6.45, 7) is 3.76. The number of carbonyl (C=O) groups excluding carboxylic acids is 1. The zero-order chi connectivity index (χ0) is 20.6. The third kappa shape index (κ3) is 3.96. The van der Waals surface area contributed by atoms with Crippen LogP contribution in [0.25, 0.3) is 0 Å². The molecule has 1 aliphatic carbocycles. The minimum absolute atomic E-state index is 0.0504. The third-order valence-electron chi connectivity index (χ3n) is 5.59. The monoisotopic (exact) mass is 414 g/mol. The molecule has 1 amide bonds. The second-order valence-corrected chi connectivity index (χ2v) is 9.78. The zero-order valence-electron chi connectivity index (χ0n) is 16.7. The highest BCUT2D eigenvalue weighted by atomic mass is 32.2. The molecule has 4 rings (SSSR count). The highest BCUT2D eigenvalue weighted by Gasteiger charge is 2.38. The van der Waals surface area contributed by atoms with E-state index in [-0.39, 0.29) is 23.4 Å². The van der Waals surface area contributed by atoms with Crippen LogP contribution in [0.3, 0.4) is 0 Å². The molecule has 1 fully saturated rings. The van der Waals surface area contributed by atoms with Crippen LogP contribution in [0, 0.1) is 13.8 Å². The van der Waals surface area contributed by atoms with Gasteiger partial charge in [0.2, 0.25) is 0 Å². The molecule has 6 nitrogen and oxygen atoms in total. The van der Waals surface area contributed by atoms with Crippen molar-refractivity contribution in [1.29, 1.82) is 0 Å². The van der Waals surface area contributed by atoms with Gasteiger partial charge < -0.3 is 10.1 Å². The highest BCUT2D eigenvalue weighted by molar-refractivity contribution is 7.92. The number of aryl methyl sites for hydroxylation is 2. The van der Waals surface area contributed by atoms with E-state index in [1.54, 1.807) is 36.4 Å². The van der Waals surface area contributed by atoms with Crippen molar-refractivity contribution in [2.45, 2.75) is 56.6 Å². The standard InChI is InChI=1S/C22H26N2O4S/c1-15-7-10-18(11-8-15)29(26,27)24-14-21(22(25)23-17-5-3-4-6-17)28-20-12-9-16(2)13-19(20)24/h7-13,17,21H,3-6,14H2,1-2H3,(H,23,25). The first-order valence-corrected chi connectivity index (χ1v) is 11.5. The van der Waals surface area contributed by atoms with Crippen molar-refractivity contribution in [3.05, 3.63) is 53.6 Å². The van der Waals surface area contributed by atoms with Gasteiger partial charge in [-0.1, -0.05) is 36.6 Å². The van der Waals surface area contributed by atoms with Gasteiger partial charge >= 0.3 is 0 Å². The molecular weight excluding hydrogens is 388 g/mol. The Morgan fingerprint density at radius 2 is 1.69 bits per heavy atom. The number of anilines is 1. The molecule has 0 radical (unpaired) electrons. The van der Waals surface area contributed by atoms with Gasteiger partial charge in [0.15, 0.2) is 6.10 Å². The number of fused-ring (bicyclic) bond motifs is 1. The fourth-order valence-electron chi connectivity index (χ4n) is 3.93. The molecule has 29 heavy (non-hydrogen) atoms. The van der Waals surface area contributed by atoms with Gasteiger partial charge in [-0.15, -0.1) is 0 Å². The van der Waals surface area contributed by atoms with Crippen molar-refractivity contribution in [2.24, 2.45) is 0 Å². The number of nitrogens with zero attached hydrogens (tertiary/aromatic N) is 1. The van der Waals surface area contributed by atoms with Crippen LogP contribution in [0.15, 0.2) is 47.4 Å². The fourth-order valence-corrected chi connectivity index (χ4v) is 5.40. The lowest BCUT2D eigenvalue weighted by Gasteiger charge is -2.35. The number of nitrogens with one attached hydrogen (secondary N) is 1. The van der Waals surface area contributed by atoms with Crippen LogP contribution in [0.1, 0.15) is 36.8 Å². The summed E-state index contributed by atoms with van der Waals surface area (Å²) >= 11 is 0. The summed E-state index contributed by atoms with van der Waals surface area (Å²) < 4.78 is 34.1. The molecule has 0 aromatic heterocycles. The molecule has 0 saturated heterocycles. The van der Waals surface area contributed by atoms with Gasteiger partial charge in [0, 0.05) is 6.04 Å². The molecule has 1 N–H and O–H groups in total. The summed E-state index contributed by atoms with van der Waals surface area (Å²) in [4.78, 5) is 13.0. The molecule has 2 aliphatic rings. The SMILES string of the molecule is Cc1ccc(S(=O)(=O)N2CC(C(=O)NC3CCCC3)Oc3ccc(C)cc32)cc1. The second kappa shape index (κ2) is 7.71. The molecule has 1 aliphatic heterocycles. The number of sulfonamides is 1. The molecule has 0 spiro atoms. The Morgan fingerprint density at radius 1 is 1.03 bits per heavy atom. The molecule has 1 heterocycles. The van der Waals surface area contributed by atoms with E-state index in [0.717, 1.165) is 36.8 Å². The lowest BCUT2D eigenvalue weighted by atomic mass is 10.1. The van der Waals surface area contributed by atoms with Crippen molar-refractivity contribution in [3.8, 4) is 5.75 Å². The Balaban J connectivity index is 1.68. The van der Waals surface area contributed by atoms with E-state index in [2.05, 4.69) is 5.32 Å². The molecular formula is C22H26N2O4S. The first kappa shape index (κ1) is 19.8. The maximum absolute atomic E-state index is 13.4. The first-order chi connectivity index (χ1) is 13.8. The van der Waals surface area contributed by atoms with Crippen LogP contribution in [-0.4, -0.2) is 33.0 Å². The van der Waals surface area contributed by atoms with Gasteiger partial charge in [0.25, 0.3) is 15.9 Å². The summed E-state index contributed by atoms with van der Waals surface area (Å²) in [5.74, 6) is 0.149. The molecule has 1 atom stereocenters. The van der Waals surface area contributed by atoms with Gasteiger partial charge in [0.05, 0.1) is 17.1 Å². The van der Waals surface area contributed by atoms with Gasteiger partial charge in [-0.3, -0.25) is 9.10 Å². The fraction of sp³-hybridized carbons (Fsp3) is 0.409. The topological polar surface area (TPSA) is 75.7 Å². The second-order valence-electron chi connectivity index (χ2n) is 7.92. The van der Waals surface area contributed by atoms with Gasteiger partial charge in [0.1, 0.15) is 5.75 Å². The van der Waals surface area contributed by atoms with E-state index < -0.39 is 16.1 Å². The van der Waals surface area contributed by atoms with E-state index >= 15 is 0 Å². The Morgan fingerprint density at radius 3 is 2.38 bits per heavy atom. The van der Waals surface area contributed by atoms with Crippen molar-refractivity contribution in [1.82, 2.24) is 5.32 Å². The number of hydrogen-bond acceptors (Lipinski definition) is 4. The zero-order valence-corrected chi connectivity index (χ0v) is 17.5. The van der Waals surface area contributed by atoms with Crippen LogP contribution >= 0.6 is 0 Å². The summed E-state index contributed by atoms with van der Waals surface area (Å²) in [5, 5.41) is 3.02. The maximum Gasteiger partial charge on any atom is 0.264 e. The van der Waals surface area contributed by atoms with Crippen LogP contribution in [0.5, 0.6) is 5.75 Å². The van der Waals surface area contributed by atoms with Crippen LogP contribution in [0.4, 0.5) is 5.69 Å². The van der Waals surface area contributed by atoms with Crippen molar-refractivity contribution >= 4 is 21.6 Å². The van der Waals surface area contributed by atoms with E-state index in [9.17, 15) is 13.2 Å². The number of hydrogen-bond donors (Lipinski definition) is 1. The van der Waals surface area contributed by atoms with Gasteiger partial charge in [-0.2, -0.15) is 0 Å². The smallest absolute Gasteiger partial charge is 0.264 e. The molecule has 154 valence electrons. The molecule has 1 unspecified atom stereocenters. The van der Waals surface area contributed by atoms with Crippen LogP contribution in [-0.2, 0) is 14.8 Å². The molecule has 2 aromatic carbocycles. The van der Waals surface area contributed by atoms with Crippen LogP contribution < -0.4 is 14.4 Å². The highest BCUT2D eigenvalue weighted by Crippen LogP contribution is 2.38. The summed E-state index contributed by atoms with van der Waals surface area (Å²) in [5.41, 5.74) is 2.37. The van der Waals surface area contributed by atoms with Crippen molar-refractivity contribution in [3.63, 3.8) is 0 Å². The maximum atomic E-state index is 13.4. The Labute approximate surface area is 171 Å². The normalized spacial score (nSPS) is 19.5. The Hall–Kier alpha value is -2.54. The van der Waals surface area contributed by atoms with E-state index in [4.69, 9.17) is 4.74 Å². The predicted octanol–water partition coefficient (Wildman–Crippen LogP) is 3.32. The van der Waals surface area contributed by atoms with Crippen LogP contribution in [0.2, 0.25) is 0 Å². The number of ether oxygens (including phenoxy) is 1. The van der Waals surface area contributed by atoms with Gasteiger partial charge in [-0.25, -0.2) is 8.42 Å². The number of carbonyl (C=O) groups is 1. The summed E-state index contributed by atoms with van der Waals surface area (Å²) in [7, 11) is -3.83. The van der Waals surface area contributed by atoms with Crippen molar-refractivity contribution in [2.75, 3.05) is 10.8 Å². The lowest BCUT2D eigenvalue weighted by molar-refractivity contribution is -0.128. The largest absolute Gasteiger partial charge is 0.476 e. The van der Waals surface area contributed by atoms with E-state index in [1.165, 1.54) is 4.31 Å². The predicted molar refractivity (Wildman–Crippen MR) is 112 cm³/mol. The average molecular weight is 415 g/mol. The number of rotatable bonds is 4. The van der Waals surface area contributed by atoms with Crippen molar-refractivity contribution < 1.29 is 17.9 Å².